The van der Waals surface area contributed by atoms with Gasteiger partial charge in [0.2, 0.25) is 0 Å². The van der Waals surface area contributed by atoms with Crippen LogP contribution >= 0.6 is 0 Å². The van der Waals surface area contributed by atoms with Crippen molar-refractivity contribution in [2.75, 3.05) is 5.32 Å². The minimum absolute atomic E-state index is 0.162. The van der Waals surface area contributed by atoms with Crippen molar-refractivity contribution in [3.8, 4) is 0 Å². The van der Waals surface area contributed by atoms with Crippen LogP contribution in [0.25, 0.3) is 10.8 Å². The molecular formula is C21H19N3O4. The maximum atomic E-state index is 12.3. The number of fused-ring (bicyclic) bond motifs is 1. The fourth-order valence-corrected chi connectivity index (χ4v) is 3.01. The zero-order valence-electron chi connectivity index (χ0n) is 15.4. The summed E-state index contributed by atoms with van der Waals surface area (Å²) in [7, 11) is 0. The average Bonchev–Trinajstić information content (AvgIpc) is 2.68. The molecule has 0 spiro atoms. The second-order valence-corrected chi connectivity index (χ2v) is 6.47. The summed E-state index contributed by atoms with van der Waals surface area (Å²) in [5.74, 6) is -1.69. The molecule has 3 rings (SSSR count). The Bertz CT molecular complexity index is 1070. The number of nitrogens with one attached hydrogen (secondary N) is 2. The van der Waals surface area contributed by atoms with E-state index in [0.29, 0.717) is 5.56 Å². The Morgan fingerprint density at radius 2 is 1.71 bits per heavy atom. The standard InChI is InChI=1S/C21H19N3O4/c1-13-10-11-16(24(27)28)12-19(13)23-21(26)20(25)22-14(2)17-9-5-7-15-6-3-4-8-18(15)17/h3-12,14H,1-2H3,(H,22,25)(H,23,26). The zero-order chi connectivity index (χ0) is 20.3. The second-order valence-electron chi connectivity index (χ2n) is 6.47. The van der Waals surface area contributed by atoms with Gasteiger partial charge in [0.15, 0.2) is 0 Å². The second kappa shape index (κ2) is 7.87. The van der Waals surface area contributed by atoms with Crippen molar-refractivity contribution in [3.05, 3.63) is 81.9 Å². The number of rotatable bonds is 4. The van der Waals surface area contributed by atoms with Gasteiger partial charge < -0.3 is 10.6 Å². The largest absolute Gasteiger partial charge is 0.341 e. The fourth-order valence-electron chi connectivity index (χ4n) is 3.01. The third-order valence-electron chi connectivity index (χ3n) is 4.52. The molecule has 0 aliphatic heterocycles. The van der Waals surface area contributed by atoms with E-state index in [1.54, 1.807) is 13.8 Å². The molecule has 0 aliphatic carbocycles. The molecule has 0 heterocycles. The zero-order valence-corrected chi connectivity index (χ0v) is 15.4. The van der Waals surface area contributed by atoms with E-state index < -0.39 is 22.8 Å². The molecule has 2 amide bonds. The van der Waals surface area contributed by atoms with Gasteiger partial charge in [-0.05, 0) is 35.7 Å². The van der Waals surface area contributed by atoms with Gasteiger partial charge >= 0.3 is 11.8 Å². The highest BCUT2D eigenvalue weighted by Gasteiger charge is 2.20. The summed E-state index contributed by atoms with van der Waals surface area (Å²) in [6, 6.07) is 17.3. The summed E-state index contributed by atoms with van der Waals surface area (Å²) in [4.78, 5) is 35.0. The number of non-ortho nitro benzene ring substituents is 1. The van der Waals surface area contributed by atoms with Gasteiger partial charge in [0, 0.05) is 12.1 Å². The summed E-state index contributed by atoms with van der Waals surface area (Å²) in [5.41, 5.74) is 1.58. The Labute approximate surface area is 161 Å². The third-order valence-corrected chi connectivity index (χ3v) is 4.52. The maximum Gasteiger partial charge on any atom is 0.313 e. The van der Waals surface area contributed by atoms with Gasteiger partial charge in [-0.1, -0.05) is 48.5 Å². The topological polar surface area (TPSA) is 101 Å². The van der Waals surface area contributed by atoms with Crippen molar-refractivity contribution in [2.24, 2.45) is 0 Å². The van der Waals surface area contributed by atoms with E-state index in [4.69, 9.17) is 0 Å². The predicted molar refractivity (Wildman–Crippen MR) is 107 cm³/mol. The number of nitrogens with zero attached hydrogens (tertiary/aromatic N) is 1. The van der Waals surface area contributed by atoms with Gasteiger partial charge in [0.25, 0.3) is 5.69 Å². The minimum Gasteiger partial charge on any atom is -0.341 e. The molecule has 3 aromatic carbocycles. The average molecular weight is 377 g/mol. The summed E-state index contributed by atoms with van der Waals surface area (Å²) in [6.45, 7) is 3.49. The lowest BCUT2D eigenvalue weighted by atomic mass is 10.00. The smallest absolute Gasteiger partial charge is 0.313 e. The number of benzene rings is 3. The Morgan fingerprint density at radius 3 is 2.46 bits per heavy atom. The highest BCUT2D eigenvalue weighted by atomic mass is 16.6. The van der Waals surface area contributed by atoms with E-state index in [1.165, 1.54) is 18.2 Å². The van der Waals surface area contributed by atoms with Crippen LogP contribution in [0.4, 0.5) is 11.4 Å². The number of aryl methyl sites for hydroxylation is 1. The van der Waals surface area contributed by atoms with Crippen LogP contribution in [0.1, 0.15) is 24.1 Å². The normalized spacial score (nSPS) is 11.6. The van der Waals surface area contributed by atoms with Crippen LogP contribution in [0, 0.1) is 17.0 Å². The van der Waals surface area contributed by atoms with Crippen molar-refractivity contribution < 1.29 is 14.5 Å². The highest BCUT2D eigenvalue weighted by molar-refractivity contribution is 6.39. The Balaban J connectivity index is 1.75. The minimum atomic E-state index is -0.879. The molecule has 142 valence electrons. The lowest BCUT2D eigenvalue weighted by Gasteiger charge is -2.16. The van der Waals surface area contributed by atoms with Crippen LogP contribution in [-0.2, 0) is 9.59 Å². The Hall–Kier alpha value is -3.74. The van der Waals surface area contributed by atoms with Gasteiger partial charge in [-0.3, -0.25) is 19.7 Å². The molecule has 0 saturated heterocycles. The molecule has 7 heteroatoms. The van der Waals surface area contributed by atoms with Gasteiger partial charge in [0.05, 0.1) is 16.7 Å². The molecule has 0 saturated carbocycles. The lowest BCUT2D eigenvalue weighted by Crippen LogP contribution is -2.37. The van der Waals surface area contributed by atoms with Gasteiger partial charge in [-0.15, -0.1) is 0 Å². The lowest BCUT2D eigenvalue weighted by molar-refractivity contribution is -0.384. The van der Waals surface area contributed by atoms with Crippen LogP contribution < -0.4 is 10.6 Å². The number of carbonyl (C=O) groups is 2. The van der Waals surface area contributed by atoms with Gasteiger partial charge in [-0.2, -0.15) is 0 Å². The van der Waals surface area contributed by atoms with Crippen molar-refractivity contribution in [3.63, 3.8) is 0 Å². The van der Waals surface area contributed by atoms with E-state index in [-0.39, 0.29) is 11.4 Å². The number of carbonyl (C=O) groups excluding carboxylic acids is 2. The van der Waals surface area contributed by atoms with Crippen molar-refractivity contribution in [1.29, 1.82) is 0 Å². The summed E-state index contributed by atoms with van der Waals surface area (Å²) < 4.78 is 0. The first-order chi connectivity index (χ1) is 13.4. The van der Waals surface area contributed by atoms with E-state index in [2.05, 4.69) is 10.6 Å². The van der Waals surface area contributed by atoms with Crippen molar-refractivity contribution >= 4 is 34.0 Å². The number of nitro benzene ring substituents is 1. The van der Waals surface area contributed by atoms with Gasteiger partial charge in [0.1, 0.15) is 0 Å². The van der Waals surface area contributed by atoms with Gasteiger partial charge in [-0.25, -0.2) is 0 Å². The van der Waals surface area contributed by atoms with E-state index in [9.17, 15) is 19.7 Å². The molecule has 0 bridgehead atoms. The molecular weight excluding hydrogens is 358 g/mol. The number of hydrogen-bond acceptors (Lipinski definition) is 4. The molecule has 0 aliphatic rings. The van der Waals surface area contributed by atoms with Crippen LogP contribution in [0.3, 0.4) is 0 Å². The summed E-state index contributed by atoms with van der Waals surface area (Å²) in [6.07, 6.45) is 0. The maximum absolute atomic E-state index is 12.3. The Morgan fingerprint density at radius 1 is 1.00 bits per heavy atom. The molecule has 0 radical (unpaired) electrons. The quantitative estimate of drug-likeness (QED) is 0.409. The van der Waals surface area contributed by atoms with Crippen LogP contribution in [0.2, 0.25) is 0 Å². The first-order valence-corrected chi connectivity index (χ1v) is 8.71. The van der Waals surface area contributed by atoms with Crippen LogP contribution in [0.15, 0.2) is 60.7 Å². The molecule has 1 unspecified atom stereocenters. The molecule has 0 aromatic heterocycles. The van der Waals surface area contributed by atoms with Crippen LogP contribution in [0.5, 0.6) is 0 Å². The molecule has 1 atom stereocenters. The SMILES string of the molecule is Cc1ccc([N+](=O)[O-])cc1NC(=O)C(=O)NC(C)c1cccc2ccccc12. The Kier molecular flexibility index (Phi) is 5.35. The van der Waals surface area contributed by atoms with Crippen molar-refractivity contribution in [1.82, 2.24) is 5.32 Å². The highest BCUT2D eigenvalue weighted by Crippen LogP contribution is 2.24. The number of hydrogen-bond donors (Lipinski definition) is 2. The fraction of sp³-hybridized carbons (Fsp3) is 0.143. The number of anilines is 1. The summed E-state index contributed by atoms with van der Waals surface area (Å²) in [5, 5.41) is 18.1. The molecule has 7 nitrogen and oxygen atoms in total. The predicted octanol–water partition coefficient (Wildman–Crippen LogP) is 3.87. The van der Waals surface area contributed by atoms with E-state index in [1.807, 2.05) is 42.5 Å². The molecule has 0 fully saturated rings. The van der Waals surface area contributed by atoms with E-state index in [0.717, 1.165) is 16.3 Å². The molecule has 28 heavy (non-hydrogen) atoms. The number of amides is 2. The number of nitro groups is 1. The van der Waals surface area contributed by atoms with Crippen LogP contribution in [-0.4, -0.2) is 16.7 Å². The van der Waals surface area contributed by atoms with E-state index >= 15 is 0 Å². The summed E-state index contributed by atoms with van der Waals surface area (Å²) >= 11 is 0. The molecule has 2 N–H and O–H groups in total. The first kappa shape index (κ1) is 19.0. The molecule has 3 aromatic rings. The van der Waals surface area contributed by atoms with Crippen molar-refractivity contribution in [2.45, 2.75) is 19.9 Å². The first-order valence-electron chi connectivity index (χ1n) is 8.71. The monoisotopic (exact) mass is 377 g/mol. The third kappa shape index (κ3) is 3.98.